The fraction of sp³-hybridized carbons (Fsp3) is 0.156. The van der Waals surface area contributed by atoms with Crippen LogP contribution in [0.25, 0.3) is 38.9 Å². The van der Waals surface area contributed by atoms with Gasteiger partial charge in [-0.1, -0.05) is 43.3 Å². The number of carbonyl (C=O) groups excluding carboxylic acids is 1. The number of hydrogen-bond acceptors (Lipinski definition) is 7. The van der Waals surface area contributed by atoms with E-state index in [1.165, 1.54) is 12.6 Å². The van der Waals surface area contributed by atoms with Crippen molar-refractivity contribution in [3.63, 3.8) is 0 Å². The summed E-state index contributed by atoms with van der Waals surface area (Å²) in [5.74, 6) is -1.04. The number of aromatic nitrogens is 4. The van der Waals surface area contributed by atoms with Gasteiger partial charge in [-0.15, -0.1) is 10.2 Å². The van der Waals surface area contributed by atoms with Crippen molar-refractivity contribution < 1.29 is 23.8 Å². The highest BCUT2D eigenvalue weighted by atomic mass is 16.5. The number of para-hydroxylation sites is 2. The van der Waals surface area contributed by atoms with Crippen molar-refractivity contribution in [1.29, 1.82) is 0 Å². The fourth-order valence-electron chi connectivity index (χ4n) is 5.06. The van der Waals surface area contributed by atoms with Crippen LogP contribution in [0, 0.1) is 0 Å². The van der Waals surface area contributed by atoms with Crippen molar-refractivity contribution in [2.75, 3.05) is 6.61 Å². The van der Waals surface area contributed by atoms with Gasteiger partial charge in [0.05, 0.1) is 5.39 Å². The number of aryl methyl sites for hydroxylation is 1. The number of H-pyrrole nitrogens is 1. The lowest BCUT2D eigenvalue weighted by Crippen LogP contribution is -2.44. The minimum Gasteiger partial charge on any atom is -0.483 e. The first kappa shape index (κ1) is 27.5. The molecule has 6 aromatic rings. The minimum atomic E-state index is -1.15. The zero-order valence-corrected chi connectivity index (χ0v) is 23.1. The molecule has 43 heavy (non-hydrogen) atoms. The van der Waals surface area contributed by atoms with Crippen molar-refractivity contribution in [3.05, 3.63) is 107 Å². The van der Waals surface area contributed by atoms with Crippen LogP contribution in [-0.2, 0) is 22.4 Å². The Bertz CT molecular complexity index is 2010. The fourth-order valence-corrected chi connectivity index (χ4v) is 5.06. The highest BCUT2D eigenvalue weighted by Gasteiger charge is 2.23. The van der Waals surface area contributed by atoms with Crippen LogP contribution in [-0.4, -0.2) is 49.4 Å². The lowest BCUT2D eigenvalue weighted by atomic mass is 10.0. The summed E-state index contributed by atoms with van der Waals surface area (Å²) in [7, 11) is 0. The van der Waals surface area contributed by atoms with Gasteiger partial charge in [-0.05, 0) is 41.8 Å². The first-order chi connectivity index (χ1) is 20.9. The third kappa shape index (κ3) is 5.47. The Morgan fingerprint density at radius 1 is 1.07 bits per heavy atom. The molecular formula is C32H27N5O6. The van der Waals surface area contributed by atoms with E-state index in [1.807, 2.05) is 61.5 Å². The predicted octanol–water partition coefficient (Wildman–Crippen LogP) is 4.28. The molecule has 0 saturated heterocycles. The summed E-state index contributed by atoms with van der Waals surface area (Å²) in [5.41, 5.74) is 3.38. The summed E-state index contributed by atoms with van der Waals surface area (Å²) in [4.78, 5) is 41.4. The molecule has 3 heterocycles. The van der Waals surface area contributed by atoms with Gasteiger partial charge in [-0.3, -0.25) is 14.2 Å². The summed E-state index contributed by atoms with van der Waals surface area (Å²) in [6, 6.07) is 19.1. The molecule has 0 radical (unpaired) electrons. The van der Waals surface area contributed by atoms with Gasteiger partial charge in [0.15, 0.2) is 12.4 Å². The standard InChI is InChI=1S/C32H27N5O6/c1-2-19-12-23-28(42-16-24(30(23)39)31-36-34-18-37(31)21-8-4-3-5-9-21)14-27(19)43-17-29(38)35-26(32(40)41)13-20-15-33-25-11-7-6-10-22(20)25/h3-12,14-16,18,26,33H,2,13,17H2,1H3,(H,35,38)(H,40,41)/t26-/m1/s1. The molecule has 0 unspecified atom stereocenters. The van der Waals surface area contributed by atoms with Crippen LogP contribution in [0.15, 0.2) is 94.7 Å². The zero-order valence-electron chi connectivity index (χ0n) is 23.1. The van der Waals surface area contributed by atoms with Gasteiger partial charge in [-0.2, -0.15) is 0 Å². The molecule has 0 aliphatic carbocycles. The first-order valence-electron chi connectivity index (χ1n) is 13.7. The highest BCUT2D eigenvalue weighted by Crippen LogP contribution is 2.28. The largest absolute Gasteiger partial charge is 0.483 e. The third-order valence-corrected chi connectivity index (χ3v) is 7.25. The molecule has 0 saturated carbocycles. The Hall–Kier alpha value is -5.71. The number of carboxylic acid groups (broad SMARTS) is 1. The predicted molar refractivity (Wildman–Crippen MR) is 159 cm³/mol. The van der Waals surface area contributed by atoms with Gasteiger partial charge in [0, 0.05) is 35.3 Å². The number of amides is 1. The van der Waals surface area contributed by atoms with E-state index in [-0.39, 0.29) is 23.0 Å². The van der Waals surface area contributed by atoms with E-state index in [0.29, 0.717) is 28.9 Å². The first-order valence-corrected chi connectivity index (χ1v) is 13.7. The summed E-state index contributed by atoms with van der Waals surface area (Å²) in [5, 5.41) is 21.7. The molecule has 0 bridgehead atoms. The van der Waals surface area contributed by atoms with E-state index in [9.17, 15) is 19.5 Å². The highest BCUT2D eigenvalue weighted by molar-refractivity contribution is 5.87. The van der Waals surface area contributed by atoms with Crippen LogP contribution in [0.2, 0.25) is 0 Å². The number of aromatic amines is 1. The van der Waals surface area contributed by atoms with Gasteiger partial charge >= 0.3 is 5.97 Å². The maximum atomic E-state index is 13.5. The second kappa shape index (κ2) is 11.6. The van der Waals surface area contributed by atoms with Crippen LogP contribution in [0.5, 0.6) is 5.75 Å². The van der Waals surface area contributed by atoms with E-state index in [1.54, 1.807) is 22.9 Å². The van der Waals surface area contributed by atoms with E-state index in [2.05, 4.69) is 20.5 Å². The SMILES string of the molecule is CCc1cc2c(=O)c(-c3nncn3-c3ccccc3)coc2cc1OCC(=O)N[C@H](Cc1c[nH]c2ccccc12)C(=O)O. The Morgan fingerprint density at radius 2 is 1.86 bits per heavy atom. The third-order valence-electron chi connectivity index (χ3n) is 7.25. The van der Waals surface area contributed by atoms with Crippen molar-refractivity contribution in [2.24, 2.45) is 0 Å². The van der Waals surface area contributed by atoms with Crippen molar-refractivity contribution >= 4 is 33.7 Å². The molecular weight excluding hydrogens is 550 g/mol. The maximum Gasteiger partial charge on any atom is 0.326 e. The molecule has 11 heteroatoms. The van der Waals surface area contributed by atoms with Crippen LogP contribution >= 0.6 is 0 Å². The second-order valence-corrected chi connectivity index (χ2v) is 9.96. The normalized spacial score (nSPS) is 11.9. The van der Waals surface area contributed by atoms with Crippen molar-refractivity contribution in [2.45, 2.75) is 25.8 Å². The van der Waals surface area contributed by atoms with Crippen LogP contribution in [0.3, 0.4) is 0 Å². The monoisotopic (exact) mass is 577 g/mol. The maximum absolute atomic E-state index is 13.5. The average Bonchev–Trinajstić information content (AvgIpc) is 3.68. The Morgan fingerprint density at radius 3 is 2.65 bits per heavy atom. The number of nitrogens with one attached hydrogen (secondary N) is 2. The van der Waals surface area contributed by atoms with E-state index in [4.69, 9.17) is 9.15 Å². The smallest absolute Gasteiger partial charge is 0.326 e. The van der Waals surface area contributed by atoms with E-state index in [0.717, 1.165) is 22.2 Å². The number of ether oxygens (including phenoxy) is 1. The number of aliphatic carboxylic acids is 1. The summed E-state index contributed by atoms with van der Waals surface area (Å²) in [6.45, 7) is 1.48. The minimum absolute atomic E-state index is 0.104. The van der Waals surface area contributed by atoms with E-state index >= 15 is 0 Å². The molecule has 1 amide bonds. The topological polar surface area (TPSA) is 152 Å². The average molecular weight is 578 g/mol. The van der Waals surface area contributed by atoms with Crippen molar-refractivity contribution in [1.82, 2.24) is 25.1 Å². The summed E-state index contributed by atoms with van der Waals surface area (Å²) >= 11 is 0. The van der Waals surface area contributed by atoms with Gasteiger partial charge < -0.3 is 24.6 Å². The lowest BCUT2D eigenvalue weighted by Gasteiger charge is -2.16. The molecule has 216 valence electrons. The van der Waals surface area contributed by atoms with Gasteiger partial charge in [-0.25, -0.2) is 4.79 Å². The molecule has 3 aromatic carbocycles. The Balaban J connectivity index is 1.20. The van der Waals surface area contributed by atoms with Gasteiger partial charge in [0.1, 0.15) is 35.5 Å². The second-order valence-electron chi connectivity index (χ2n) is 9.96. The number of hydrogen-bond donors (Lipinski definition) is 3. The number of carboxylic acids is 1. The zero-order chi connectivity index (χ0) is 29.9. The Kier molecular flexibility index (Phi) is 7.44. The summed E-state index contributed by atoms with van der Waals surface area (Å²) in [6.07, 6.45) is 5.22. The lowest BCUT2D eigenvalue weighted by molar-refractivity contribution is -0.142. The van der Waals surface area contributed by atoms with Crippen LogP contribution < -0.4 is 15.5 Å². The van der Waals surface area contributed by atoms with Gasteiger partial charge in [0.2, 0.25) is 5.43 Å². The molecule has 3 N–H and O–H groups in total. The number of nitrogens with zero attached hydrogens (tertiary/aromatic N) is 3. The quantitative estimate of drug-likeness (QED) is 0.218. The molecule has 1 atom stereocenters. The molecule has 0 fully saturated rings. The molecule has 0 aliphatic rings. The molecule has 6 rings (SSSR count). The van der Waals surface area contributed by atoms with Crippen LogP contribution in [0.4, 0.5) is 0 Å². The van der Waals surface area contributed by atoms with Crippen LogP contribution in [0.1, 0.15) is 18.1 Å². The van der Waals surface area contributed by atoms with Gasteiger partial charge in [0.25, 0.3) is 5.91 Å². The van der Waals surface area contributed by atoms with E-state index < -0.39 is 24.5 Å². The number of carbonyl (C=O) groups is 2. The number of benzene rings is 3. The van der Waals surface area contributed by atoms with Crippen molar-refractivity contribution in [3.8, 4) is 22.8 Å². The molecule has 0 spiro atoms. The molecule has 0 aliphatic heterocycles. The number of rotatable bonds is 10. The Labute approximate surface area is 244 Å². The number of fused-ring (bicyclic) bond motifs is 2. The molecule has 11 nitrogen and oxygen atoms in total. The summed E-state index contributed by atoms with van der Waals surface area (Å²) < 4.78 is 13.3. The molecule has 3 aromatic heterocycles.